The van der Waals surface area contributed by atoms with Crippen LogP contribution in [0.2, 0.25) is 10.0 Å². The van der Waals surface area contributed by atoms with E-state index < -0.39 is 0 Å². The van der Waals surface area contributed by atoms with Crippen molar-refractivity contribution in [1.29, 1.82) is 0 Å². The molecule has 1 aliphatic heterocycles. The van der Waals surface area contributed by atoms with Gasteiger partial charge in [0.2, 0.25) is 5.91 Å². The normalized spacial score (nSPS) is 17.0. The molecule has 4 rings (SSSR count). The van der Waals surface area contributed by atoms with Gasteiger partial charge in [-0.3, -0.25) is 4.79 Å². The predicted octanol–water partition coefficient (Wildman–Crippen LogP) is 5.62. The number of carbonyl (C=O) groups is 1. The van der Waals surface area contributed by atoms with Gasteiger partial charge in [0.15, 0.2) is 0 Å². The smallest absolute Gasteiger partial charge is 0.225 e. The number of hydrogen-bond donors (Lipinski definition) is 1. The van der Waals surface area contributed by atoms with Crippen LogP contribution in [0.3, 0.4) is 0 Å². The zero-order chi connectivity index (χ0) is 16.0. The lowest BCUT2D eigenvalue weighted by Gasteiger charge is -2.28. The molecule has 0 spiro atoms. The fourth-order valence-electron chi connectivity index (χ4n) is 3.32. The standard InChI is InChI=1S/C19H13Cl2NO/c20-15-7-3-6-13(19(15)21)14-10-17(23)22-16-9-8-11-4-1-2-5-12(11)18(14)16/h1-9,14H,10H2,(H,22,23)/t14-/m1/s1. The summed E-state index contributed by atoms with van der Waals surface area (Å²) in [5, 5.41) is 6.28. The van der Waals surface area contributed by atoms with E-state index in [4.69, 9.17) is 23.2 Å². The molecule has 1 amide bonds. The molecule has 0 radical (unpaired) electrons. The molecule has 1 atom stereocenters. The van der Waals surface area contributed by atoms with Gasteiger partial charge in [-0.25, -0.2) is 0 Å². The lowest BCUT2D eigenvalue weighted by atomic mass is 9.82. The minimum atomic E-state index is -0.101. The molecule has 0 saturated carbocycles. The number of nitrogens with one attached hydrogen (secondary N) is 1. The number of benzene rings is 3. The molecule has 0 aromatic heterocycles. The molecule has 23 heavy (non-hydrogen) atoms. The van der Waals surface area contributed by atoms with Gasteiger partial charge in [-0.2, -0.15) is 0 Å². The Morgan fingerprint density at radius 2 is 1.78 bits per heavy atom. The second-order valence-corrected chi connectivity index (χ2v) is 6.48. The molecule has 1 N–H and O–H groups in total. The lowest BCUT2D eigenvalue weighted by molar-refractivity contribution is -0.116. The summed E-state index contributed by atoms with van der Waals surface area (Å²) in [5.41, 5.74) is 2.85. The molecule has 3 aromatic carbocycles. The van der Waals surface area contributed by atoms with Crippen molar-refractivity contribution < 1.29 is 4.79 Å². The average molecular weight is 342 g/mol. The minimum absolute atomic E-state index is 0.00572. The number of amides is 1. The molecular weight excluding hydrogens is 329 g/mol. The first-order valence-corrected chi connectivity index (χ1v) is 8.16. The molecule has 0 fully saturated rings. The van der Waals surface area contributed by atoms with Crippen molar-refractivity contribution in [3.05, 3.63) is 75.8 Å². The number of halogens is 2. The number of anilines is 1. The molecule has 0 saturated heterocycles. The van der Waals surface area contributed by atoms with Crippen molar-refractivity contribution in [2.24, 2.45) is 0 Å². The zero-order valence-electron chi connectivity index (χ0n) is 12.1. The summed E-state index contributed by atoms with van der Waals surface area (Å²) in [5.74, 6) is -0.107. The fraction of sp³-hybridized carbons (Fsp3) is 0.105. The summed E-state index contributed by atoms with van der Waals surface area (Å²) in [6.07, 6.45) is 0.362. The van der Waals surface area contributed by atoms with Crippen molar-refractivity contribution in [2.75, 3.05) is 5.32 Å². The average Bonchev–Trinajstić information content (AvgIpc) is 2.56. The van der Waals surface area contributed by atoms with Crippen LogP contribution >= 0.6 is 23.2 Å². The van der Waals surface area contributed by atoms with Crippen molar-refractivity contribution in [1.82, 2.24) is 0 Å². The largest absolute Gasteiger partial charge is 0.326 e. The molecule has 0 bridgehead atoms. The molecule has 114 valence electrons. The van der Waals surface area contributed by atoms with E-state index in [-0.39, 0.29) is 11.8 Å². The van der Waals surface area contributed by atoms with Gasteiger partial charge in [-0.15, -0.1) is 0 Å². The highest BCUT2D eigenvalue weighted by Crippen LogP contribution is 2.44. The maximum atomic E-state index is 12.2. The van der Waals surface area contributed by atoms with Crippen molar-refractivity contribution in [3.63, 3.8) is 0 Å². The van der Waals surface area contributed by atoms with Crippen LogP contribution in [0.5, 0.6) is 0 Å². The summed E-state index contributed by atoms with van der Waals surface area (Å²) < 4.78 is 0. The third kappa shape index (κ3) is 2.39. The molecule has 1 heterocycles. The molecule has 0 unspecified atom stereocenters. The van der Waals surface area contributed by atoms with Gasteiger partial charge < -0.3 is 5.32 Å². The SMILES string of the molecule is O=C1C[C@H](c2cccc(Cl)c2Cl)c2c(ccc3ccccc23)N1. The van der Waals surface area contributed by atoms with E-state index in [0.717, 1.165) is 27.6 Å². The maximum Gasteiger partial charge on any atom is 0.225 e. The number of hydrogen-bond acceptors (Lipinski definition) is 1. The number of carbonyl (C=O) groups excluding carboxylic acids is 1. The van der Waals surface area contributed by atoms with Gasteiger partial charge in [-0.05, 0) is 34.0 Å². The van der Waals surface area contributed by atoms with Gasteiger partial charge in [0.05, 0.1) is 10.0 Å². The van der Waals surface area contributed by atoms with Crippen molar-refractivity contribution in [2.45, 2.75) is 12.3 Å². The first-order valence-electron chi connectivity index (χ1n) is 7.40. The topological polar surface area (TPSA) is 29.1 Å². The molecular formula is C19H13Cl2NO. The van der Waals surface area contributed by atoms with Gasteiger partial charge in [0.25, 0.3) is 0 Å². The van der Waals surface area contributed by atoms with Crippen molar-refractivity contribution in [3.8, 4) is 0 Å². The quantitative estimate of drug-likeness (QED) is 0.611. The Labute approximate surface area is 144 Å². The van der Waals surface area contributed by atoms with Crippen LogP contribution in [-0.4, -0.2) is 5.91 Å². The van der Waals surface area contributed by atoms with Crippen LogP contribution in [0.25, 0.3) is 10.8 Å². The van der Waals surface area contributed by atoms with Crippen LogP contribution in [0.15, 0.2) is 54.6 Å². The predicted molar refractivity (Wildman–Crippen MR) is 95.5 cm³/mol. The second kappa shape index (κ2) is 5.55. The molecule has 4 heteroatoms. The Kier molecular flexibility index (Phi) is 3.51. The highest BCUT2D eigenvalue weighted by molar-refractivity contribution is 6.42. The highest BCUT2D eigenvalue weighted by Gasteiger charge is 2.29. The summed E-state index contributed by atoms with van der Waals surface area (Å²) in [7, 11) is 0. The lowest BCUT2D eigenvalue weighted by Crippen LogP contribution is -2.24. The van der Waals surface area contributed by atoms with Gasteiger partial charge in [-0.1, -0.05) is 65.7 Å². The summed E-state index contributed by atoms with van der Waals surface area (Å²) >= 11 is 12.6. The second-order valence-electron chi connectivity index (χ2n) is 5.70. The zero-order valence-corrected chi connectivity index (χ0v) is 13.7. The first-order chi connectivity index (χ1) is 11.1. The molecule has 1 aliphatic rings. The van der Waals surface area contributed by atoms with E-state index in [0.29, 0.717) is 16.5 Å². The number of fused-ring (bicyclic) bond motifs is 3. The Bertz CT molecular complexity index is 936. The Hall–Kier alpha value is -2.03. The molecule has 0 aliphatic carbocycles. The summed E-state index contributed by atoms with van der Waals surface area (Å²) in [4.78, 5) is 12.2. The third-order valence-corrected chi connectivity index (χ3v) is 5.17. The minimum Gasteiger partial charge on any atom is -0.326 e. The monoisotopic (exact) mass is 341 g/mol. The Morgan fingerprint density at radius 1 is 0.957 bits per heavy atom. The van der Waals surface area contributed by atoms with E-state index in [9.17, 15) is 4.79 Å². The molecule has 3 aromatic rings. The van der Waals surface area contributed by atoms with Crippen LogP contribution in [0.1, 0.15) is 23.5 Å². The summed E-state index contributed by atoms with van der Waals surface area (Å²) in [6, 6.07) is 17.7. The van der Waals surface area contributed by atoms with E-state index in [1.807, 2.05) is 36.4 Å². The van der Waals surface area contributed by atoms with E-state index in [2.05, 4.69) is 17.4 Å². The van der Waals surface area contributed by atoms with Crippen LogP contribution in [0.4, 0.5) is 5.69 Å². The van der Waals surface area contributed by atoms with Gasteiger partial charge >= 0.3 is 0 Å². The van der Waals surface area contributed by atoms with E-state index >= 15 is 0 Å². The van der Waals surface area contributed by atoms with E-state index in [1.165, 1.54) is 0 Å². The van der Waals surface area contributed by atoms with Crippen LogP contribution in [-0.2, 0) is 4.79 Å². The Morgan fingerprint density at radius 3 is 2.65 bits per heavy atom. The van der Waals surface area contributed by atoms with Gasteiger partial charge in [0.1, 0.15) is 0 Å². The number of rotatable bonds is 1. The van der Waals surface area contributed by atoms with Crippen LogP contribution < -0.4 is 5.32 Å². The van der Waals surface area contributed by atoms with Crippen molar-refractivity contribution >= 4 is 45.6 Å². The van der Waals surface area contributed by atoms with E-state index in [1.54, 1.807) is 6.07 Å². The Balaban J connectivity index is 2.02. The van der Waals surface area contributed by atoms with Gasteiger partial charge in [0, 0.05) is 18.0 Å². The first kappa shape index (κ1) is 14.6. The third-order valence-electron chi connectivity index (χ3n) is 4.34. The fourth-order valence-corrected chi connectivity index (χ4v) is 3.76. The highest BCUT2D eigenvalue weighted by atomic mass is 35.5. The molecule has 2 nitrogen and oxygen atoms in total. The maximum absolute atomic E-state index is 12.2. The van der Waals surface area contributed by atoms with Crippen LogP contribution in [0, 0.1) is 0 Å². The summed E-state index contributed by atoms with van der Waals surface area (Å²) in [6.45, 7) is 0.